The van der Waals surface area contributed by atoms with Gasteiger partial charge in [-0.05, 0) is 32.9 Å². The van der Waals surface area contributed by atoms with E-state index in [0.29, 0.717) is 11.5 Å². The number of anilines is 1. The smallest absolute Gasteiger partial charge is 0.241 e. The lowest BCUT2D eigenvalue weighted by Gasteiger charge is -2.31. The van der Waals surface area contributed by atoms with Gasteiger partial charge in [0, 0.05) is 18.3 Å². The van der Waals surface area contributed by atoms with Crippen LogP contribution in [0.4, 0.5) is 5.69 Å². The van der Waals surface area contributed by atoms with E-state index in [4.69, 9.17) is 18.0 Å². The third-order valence-corrected chi connectivity index (χ3v) is 3.05. The molecule has 1 rings (SSSR count). The lowest BCUT2D eigenvalue weighted by molar-refractivity contribution is -0.121. The first-order chi connectivity index (χ1) is 8.91. The highest BCUT2D eigenvalue weighted by Crippen LogP contribution is 2.10. The fraction of sp³-hybridized carbons (Fsp3) is 0.429. The Hall–Kier alpha value is -1.46. The summed E-state index contributed by atoms with van der Waals surface area (Å²) in [5.41, 5.74) is 6.37. The Balaban J connectivity index is 2.71. The standard InChI is InChI=1S/C14H21N3OS/c1-10(2)17(9-13(15)19)11(3)14(18)16-12-7-5-4-6-8-12/h4-8,10-11H,9H2,1-3H3,(H2,15,19)(H,16,18). The summed E-state index contributed by atoms with van der Waals surface area (Å²) in [6, 6.07) is 9.30. The van der Waals surface area contributed by atoms with Crippen LogP contribution in [0.3, 0.4) is 0 Å². The number of nitrogens with one attached hydrogen (secondary N) is 1. The van der Waals surface area contributed by atoms with Gasteiger partial charge in [0.15, 0.2) is 0 Å². The monoisotopic (exact) mass is 279 g/mol. The molecular weight excluding hydrogens is 258 g/mol. The minimum Gasteiger partial charge on any atom is -0.392 e. The Morgan fingerprint density at radius 2 is 1.89 bits per heavy atom. The number of hydrogen-bond acceptors (Lipinski definition) is 3. The van der Waals surface area contributed by atoms with E-state index in [1.165, 1.54) is 0 Å². The van der Waals surface area contributed by atoms with Crippen molar-refractivity contribution < 1.29 is 4.79 Å². The third-order valence-electron chi connectivity index (χ3n) is 2.92. The number of amides is 1. The van der Waals surface area contributed by atoms with Gasteiger partial charge in [-0.2, -0.15) is 0 Å². The quantitative estimate of drug-likeness (QED) is 0.782. The van der Waals surface area contributed by atoms with Gasteiger partial charge in [0.05, 0.1) is 11.0 Å². The fourth-order valence-corrected chi connectivity index (χ4v) is 2.01. The largest absolute Gasteiger partial charge is 0.392 e. The molecule has 1 aromatic carbocycles. The van der Waals surface area contributed by atoms with Crippen molar-refractivity contribution in [2.75, 3.05) is 11.9 Å². The average molecular weight is 279 g/mol. The normalized spacial score (nSPS) is 12.5. The maximum Gasteiger partial charge on any atom is 0.241 e. The molecular formula is C14H21N3OS. The minimum absolute atomic E-state index is 0.0591. The van der Waals surface area contributed by atoms with E-state index in [-0.39, 0.29) is 18.0 Å². The van der Waals surface area contributed by atoms with Crippen LogP contribution < -0.4 is 11.1 Å². The predicted octanol–water partition coefficient (Wildman–Crippen LogP) is 2.01. The minimum atomic E-state index is -0.290. The Bertz CT molecular complexity index is 434. The highest BCUT2D eigenvalue weighted by molar-refractivity contribution is 7.80. The Kier molecular flexibility index (Phi) is 5.92. The summed E-state index contributed by atoms with van der Waals surface area (Å²) in [6.07, 6.45) is 0. The molecule has 0 radical (unpaired) electrons. The topological polar surface area (TPSA) is 58.4 Å². The zero-order valence-corrected chi connectivity index (χ0v) is 12.4. The number of carbonyl (C=O) groups excluding carboxylic acids is 1. The van der Waals surface area contributed by atoms with Crippen LogP contribution in [0, 0.1) is 0 Å². The average Bonchev–Trinajstić information content (AvgIpc) is 2.35. The van der Waals surface area contributed by atoms with Crippen molar-refractivity contribution in [3.05, 3.63) is 30.3 Å². The zero-order valence-electron chi connectivity index (χ0n) is 11.6. The van der Waals surface area contributed by atoms with E-state index in [1.807, 2.05) is 56.0 Å². The summed E-state index contributed by atoms with van der Waals surface area (Å²) < 4.78 is 0. The van der Waals surface area contributed by atoms with Gasteiger partial charge in [-0.1, -0.05) is 30.4 Å². The Morgan fingerprint density at radius 1 is 1.32 bits per heavy atom. The molecule has 0 aliphatic carbocycles. The molecule has 0 aromatic heterocycles. The van der Waals surface area contributed by atoms with Gasteiger partial charge in [-0.15, -0.1) is 0 Å². The van der Waals surface area contributed by atoms with Crippen LogP contribution in [0.25, 0.3) is 0 Å². The zero-order chi connectivity index (χ0) is 14.4. The molecule has 1 amide bonds. The van der Waals surface area contributed by atoms with Crippen molar-refractivity contribution in [1.82, 2.24) is 4.90 Å². The van der Waals surface area contributed by atoms with Crippen LogP contribution in [0.2, 0.25) is 0 Å². The summed E-state index contributed by atoms with van der Waals surface area (Å²) in [6.45, 7) is 6.34. The molecule has 3 N–H and O–H groups in total. The van der Waals surface area contributed by atoms with Gasteiger partial charge in [-0.25, -0.2) is 0 Å². The number of thiocarbonyl (C=S) groups is 1. The highest BCUT2D eigenvalue weighted by Gasteiger charge is 2.24. The van der Waals surface area contributed by atoms with Crippen molar-refractivity contribution >= 4 is 28.8 Å². The van der Waals surface area contributed by atoms with Gasteiger partial charge < -0.3 is 11.1 Å². The van der Waals surface area contributed by atoms with Gasteiger partial charge in [0.1, 0.15) is 0 Å². The second kappa shape index (κ2) is 7.21. The molecule has 104 valence electrons. The maximum absolute atomic E-state index is 12.2. The highest BCUT2D eigenvalue weighted by atomic mass is 32.1. The Morgan fingerprint density at radius 3 is 2.37 bits per heavy atom. The second-order valence-electron chi connectivity index (χ2n) is 4.76. The lowest BCUT2D eigenvalue weighted by atomic mass is 10.2. The van der Waals surface area contributed by atoms with Crippen molar-refractivity contribution in [3.63, 3.8) is 0 Å². The van der Waals surface area contributed by atoms with Gasteiger partial charge in [0.25, 0.3) is 0 Å². The van der Waals surface area contributed by atoms with E-state index in [0.717, 1.165) is 5.69 Å². The van der Waals surface area contributed by atoms with Crippen LogP contribution in [0.1, 0.15) is 20.8 Å². The molecule has 0 heterocycles. The molecule has 0 saturated heterocycles. The van der Waals surface area contributed by atoms with Crippen molar-refractivity contribution in [1.29, 1.82) is 0 Å². The van der Waals surface area contributed by atoms with Gasteiger partial charge in [-0.3, -0.25) is 9.69 Å². The van der Waals surface area contributed by atoms with Crippen LogP contribution in [0.15, 0.2) is 30.3 Å². The predicted molar refractivity (Wildman–Crippen MR) is 83.2 cm³/mol. The van der Waals surface area contributed by atoms with Crippen molar-refractivity contribution in [3.8, 4) is 0 Å². The number of carbonyl (C=O) groups is 1. The van der Waals surface area contributed by atoms with E-state index in [2.05, 4.69) is 5.32 Å². The summed E-state index contributed by atoms with van der Waals surface area (Å²) in [5.74, 6) is -0.0591. The molecule has 0 saturated carbocycles. The number of nitrogens with zero attached hydrogens (tertiary/aromatic N) is 1. The van der Waals surface area contributed by atoms with E-state index in [9.17, 15) is 4.79 Å². The first kappa shape index (κ1) is 15.6. The number of rotatable bonds is 6. The van der Waals surface area contributed by atoms with E-state index in [1.54, 1.807) is 0 Å². The van der Waals surface area contributed by atoms with Gasteiger partial charge in [0.2, 0.25) is 5.91 Å². The molecule has 19 heavy (non-hydrogen) atoms. The molecule has 1 atom stereocenters. The van der Waals surface area contributed by atoms with Crippen LogP contribution >= 0.6 is 12.2 Å². The van der Waals surface area contributed by atoms with Crippen LogP contribution in [-0.4, -0.2) is 34.4 Å². The summed E-state index contributed by atoms with van der Waals surface area (Å²) >= 11 is 4.93. The molecule has 0 fully saturated rings. The van der Waals surface area contributed by atoms with Gasteiger partial charge >= 0.3 is 0 Å². The summed E-state index contributed by atoms with van der Waals surface area (Å²) in [5, 5.41) is 2.89. The molecule has 0 bridgehead atoms. The third kappa shape index (κ3) is 4.96. The molecule has 1 unspecified atom stereocenters. The number of hydrogen-bond donors (Lipinski definition) is 2. The number of para-hydroxylation sites is 1. The molecule has 0 aliphatic heterocycles. The molecule has 0 aliphatic rings. The van der Waals surface area contributed by atoms with Crippen LogP contribution in [-0.2, 0) is 4.79 Å². The molecule has 4 nitrogen and oxygen atoms in total. The first-order valence-corrected chi connectivity index (χ1v) is 6.72. The SMILES string of the molecule is CC(C)N(CC(N)=S)C(C)C(=O)Nc1ccccc1. The first-order valence-electron chi connectivity index (χ1n) is 6.31. The second-order valence-corrected chi connectivity index (χ2v) is 5.29. The van der Waals surface area contributed by atoms with Crippen molar-refractivity contribution in [2.24, 2.45) is 5.73 Å². The molecule has 1 aromatic rings. The van der Waals surface area contributed by atoms with E-state index >= 15 is 0 Å². The molecule has 0 spiro atoms. The number of benzene rings is 1. The fourth-order valence-electron chi connectivity index (χ4n) is 1.87. The number of nitrogens with two attached hydrogens (primary N) is 1. The summed E-state index contributed by atoms with van der Waals surface area (Å²) in [7, 11) is 0. The van der Waals surface area contributed by atoms with E-state index < -0.39 is 0 Å². The summed E-state index contributed by atoms with van der Waals surface area (Å²) in [4.78, 5) is 14.6. The van der Waals surface area contributed by atoms with Crippen molar-refractivity contribution in [2.45, 2.75) is 32.9 Å². The Labute approximate surface area is 120 Å². The lowest BCUT2D eigenvalue weighted by Crippen LogP contribution is -2.48. The maximum atomic E-state index is 12.2. The molecule has 5 heteroatoms. The van der Waals surface area contributed by atoms with Crippen LogP contribution in [0.5, 0.6) is 0 Å².